The molecular weight excluding hydrogens is 401 g/mol. The monoisotopic (exact) mass is 419 g/mol. The minimum atomic E-state index is -0.972. The zero-order chi connectivity index (χ0) is 22.2. The van der Waals surface area contributed by atoms with Crippen molar-refractivity contribution >= 4 is 30.7 Å². The number of nitrogens with zero attached hydrogens (tertiary/aromatic N) is 4. The van der Waals surface area contributed by atoms with E-state index in [1.54, 1.807) is 41.2 Å². The van der Waals surface area contributed by atoms with Crippen LogP contribution in [-0.4, -0.2) is 38.5 Å². The highest BCUT2D eigenvalue weighted by Crippen LogP contribution is 2.28. The summed E-state index contributed by atoms with van der Waals surface area (Å²) in [6.07, 6.45) is 3.53. The van der Waals surface area contributed by atoms with Gasteiger partial charge in [0.15, 0.2) is 5.65 Å². The lowest BCUT2D eigenvalue weighted by molar-refractivity contribution is 0.0697. The van der Waals surface area contributed by atoms with Gasteiger partial charge in [-0.1, -0.05) is 48.5 Å². The Morgan fingerprint density at radius 3 is 2.28 bits per heavy atom. The third-order valence-corrected chi connectivity index (χ3v) is 5.48. The lowest BCUT2D eigenvalue weighted by Crippen LogP contribution is -2.20. The van der Waals surface area contributed by atoms with E-state index in [9.17, 15) is 4.79 Å². The molecule has 0 aliphatic rings. The number of carboxylic acids is 1. The number of nitrogen functional groups attached to an aromatic ring is 1. The van der Waals surface area contributed by atoms with Gasteiger partial charge < -0.3 is 10.8 Å². The maximum Gasteiger partial charge on any atom is 0.335 e. The number of carboxylic acid groups (broad SMARTS) is 1. The van der Waals surface area contributed by atoms with Crippen molar-refractivity contribution in [2.45, 2.75) is 0 Å². The lowest BCUT2D eigenvalue weighted by Gasteiger charge is -2.11. The lowest BCUT2D eigenvalue weighted by atomic mass is 9.91. The van der Waals surface area contributed by atoms with E-state index in [1.165, 1.54) is 0 Å². The SMILES string of the molecule is Bc1c(-c2ccc(C(=O)O)cc2)nc2c(-c3ccc(-c4ccccc4)nc3)cnn2c1N. The van der Waals surface area contributed by atoms with Gasteiger partial charge in [0.1, 0.15) is 13.7 Å². The van der Waals surface area contributed by atoms with Crippen LogP contribution in [0.3, 0.4) is 0 Å². The number of nitrogens with two attached hydrogens (primary N) is 1. The summed E-state index contributed by atoms with van der Waals surface area (Å²) in [5.41, 5.74) is 13.1. The van der Waals surface area contributed by atoms with E-state index in [-0.39, 0.29) is 5.56 Å². The number of carbonyl (C=O) groups is 1. The van der Waals surface area contributed by atoms with Gasteiger partial charge in [-0.05, 0) is 29.2 Å². The molecule has 3 heterocycles. The second-order valence-electron chi connectivity index (χ2n) is 7.44. The Morgan fingerprint density at radius 2 is 1.62 bits per heavy atom. The first-order valence-electron chi connectivity index (χ1n) is 10.0. The quantitative estimate of drug-likeness (QED) is 0.434. The summed E-state index contributed by atoms with van der Waals surface area (Å²) in [5.74, 6) is -0.492. The molecule has 0 saturated heterocycles. The average Bonchev–Trinajstić information content (AvgIpc) is 3.26. The van der Waals surface area contributed by atoms with Crippen LogP contribution in [0.1, 0.15) is 10.4 Å². The average molecular weight is 419 g/mol. The molecule has 0 radical (unpaired) electrons. The van der Waals surface area contributed by atoms with Gasteiger partial charge in [-0.25, -0.2) is 9.78 Å². The van der Waals surface area contributed by atoms with Crippen LogP contribution < -0.4 is 11.2 Å². The molecule has 0 amide bonds. The van der Waals surface area contributed by atoms with E-state index < -0.39 is 5.97 Å². The van der Waals surface area contributed by atoms with E-state index in [4.69, 9.17) is 15.8 Å². The molecule has 0 aliphatic carbocycles. The zero-order valence-electron chi connectivity index (χ0n) is 17.2. The van der Waals surface area contributed by atoms with Crippen molar-refractivity contribution < 1.29 is 9.90 Å². The molecular formula is C24H18BN5O2. The highest BCUT2D eigenvalue weighted by molar-refractivity contribution is 6.38. The smallest absolute Gasteiger partial charge is 0.335 e. The number of benzene rings is 2. The molecule has 2 aromatic carbocycles. The van der Waals surface area contributed by atoms with E-state index in [0.29, 0.717) is 17.2 Å². The summed E-state index contributed by atoms with van der Waals surface area (Å²) in [5, 5.41) is 13.6. The normalized spacial score (nSPS) is 11.0. The second kappa shape index (κ2) is 7.66. The van der Waals surface area contributed by atoms with Crippen LogP contribution in [0.5, 0.6) is 0 Å². The molecule has 0 saturated carbocycles. The topological polar surface area (TPSA) is 106 Å². The summed E-state index contributed by atoms with van der Waals surface area (Å²) < 4.78 is 1.62. The summed E-state index contributed by atoms with van der Waals surface area (Å²) in [4.78, 5) is 20.6. The summed E-state index contributed by atoms with van der Waals surface area (Å²) in [6, 6.07) is 20.5. The van der Waals surface area contributed by atoms with Crippen molar-refractivity contribution in [2.75, 3.05) is 5.73 Å². The Balaban J connectivity index is 1.60. The fraction of sp³-hybridized carbons (Fsp3) is 0. The number of fused-ring (bicyclic) bond motifs is 1. The number of pyridine rings is 1. The van der Waals surface area contributed by atoms with Crippen LogP contribution in [0.25, 0.3) is 39.3 Å². The van der Waals surface area contributed by atoms with E-state index in [0.717, 1.165) is 33.4 Å². The van der Waals surface area contributed by atoms with Gasteiger partial charge >= 0.3 is 5.97 Å². The number of hydrogen-bond acceptors (Lipinski definition) is 5. The van der Waals surface area contributed by atoms with Crippen molar-refractivity contribution in [2.24, 2.45) is 0 Å². The van der Waals surface area contributed by atoms with Gasteiger partial charge in [0.25, 0.3) is 0 Å². The van der Waals surface area contributed by atoms with Gasteiger partial charge in [0, 0.05) is 22.9 Å². The second-order valence-corrected chi connectivity index (χ2v) is 7.44. The molecule has 3 aromatic heterocycles. The van der Waals surface area contributed by atoms with Crippen LogP contribution in [0, 0.1) is 0 Å². The molecule has 5 rings (SSSR count). The molecule has 0 bridgehead atoms. The Hall–Kier alpha value is -4.46. The van der Waals surface area contributed by atoms with Crippen molar-refractivity contribution in [3.05, 3.63) is 84.7 Å². The minimum absolute atomic E-state index is 0.218. The highest BCUT2D eigenvalue weighted by atomic mass is 16.4. The molecule has 5 aromatic rings. The van der Waals surface area contributed by atoms with Gasteiger partial charge in [-0.2, -0.15) is 9.61 Å². The number of aromatic nitrogens is 4. The Labute approximate surface area is 184 Å². The van der Waals surface area contributed by atoms with Crippen molar-refractivity contribution in [3.8, 4) is 33.6 Å². The van der Waals surface area contributed by atoms with Gasteiger partial charge in [-0.3, -0.25) is 4.98 Å². The fourth-order valence-corrected chi connectivity index (χ4v) is 3.68. The van der Waals surface area contributed by atoms with Crippen LogP contribution in [0.15, 0.2) is 79.1 Å². The molecule has 0 spiro atoms. The maximum absolute atomic E-state index is 11.2. The standard InChI is InChI=1S/C24H18BN5O2/c25-20-21(15-6-8-16(9-7-15)24(31)32)29-23-18(13-28-30(23)22(20)26)17-10-11-19(27-12-17)14-4-2-1-3-5-14/h1-13H,25-26H2,(H,31,32). The Bertz CT molecular complexity index is 1450. The fourth-order valence-electron chi connectivity index (χ4n) is 3.68. The molecule has 8 heteroatoms. The van der Waals surface area contributed by atoms with Crippen LogP contribution >= 0.6 is 0 Å². The van der Waals surface area contributed by atoms with Crippen molar-refractivity contribution in [1.82, 2.24) is 19.6 Å². The van der Waals surface area contributed by atoms with E-state index in [1.807, 2.05) is 50.3 Å². The molecule has 0 unspecified atom stereocenters. The first kappa shape index (κ1) is 19.5. The first-order chi connectivity index (χ1) is 15.5. The van der Waals surface area contributed by atoms with Crippen LogP contribution in [0.4, 0.5) is 5.82 Å². The summed E-state index contributed by atoms with van der Waals surface area (Å²) >= 11 is 0. The largest absolute Gasteiger partial charge is 0.478 e. The summed E-state index contributed by atoms with van der Waals surface area (Å²) in [6.45, 7) is 0. The molecule has 0 aliphatic heterocycles. The zero-order valence-corrected chi connectivity index (χ0v) is 17.2. The maximum atomic E-state index is 11.2. The number of rotatable bonds is 4. The van der Waals surface area contributed by atoms with Gasteiger partial charge in [0.05, 0.1) is 23.1 Å². The molecule has 32 heavy (non-hydrogen) atoms. The third kappa shape index (κ3) is 3.28. The van der Waals surface area contributed by atoms with Gasteiger partial charge in [0.2, 0.25) is 0 Å². The predicted molar refractivity (Wildman–Crippen MR) is 127 cm³/mol. The Morgan fingerprint density at radius 1 is 0.906 bits per heavy atom. The molecule has 0 atom stereocenters. The van der Waals surface area contributed by atoms with E-state index in [2.05, 4.69) is 10.1 Å². The van der Waals surface area contributed by atoms with Crippen LogP contribution in [-0.2, 0) is 0 Å². The van der Waals surface area contributed by atoms with Gasteiger partial charge in [-0.15, -0.1) is 0 Å². The van der Waals surface area contributed by atoms with E-state index >= 15 is 0 Å². The predicted octanol–water partition coefficient (Wildman–Crippen LogP) is 2.66. The summed E-state index contributed by atoms with van der Waals surface area (Å²) in [7, 11) is 1.87. The minimum Gasteiger partial charge on any atom is -0.478 e. The number of aromatic carboxylic acids is 1. The van der Waals surface area contributed by atoms with Crippen molar-refractivity contribution in [3.63, 3.8) is 0 Å². The highest BCUT2D eigenvalue weighted by Gasteiger charge is 2.17. The Kier molecular flexibility index (Phi) is 4.67. The first-order valence-corrected chi connectivity index (χ1v) is 10.0. The molecule has 0 fully saturated rings. The number of hydrogen-bond donors (Lipinski definition) is 2. The molecule has 7 nitrogen and oxygen atoms in total. The van der Waals surface area contributed by atoms with Crippen molar-refractivity contribution in [1.29, 1.82) is 0 Å². The van der Waals surface area contributed by atoms with Crippen LogP contribution in [0.2, 0.25) is 0 Å². The molecule has 154 valence electrons. The molecule has 3 N–H and O–H groups in total. The third-order valence-electron chi connectivity index (χ3n) is 5.48. The number of anilines is 1.